The Morgan fingerprint density at radius 3 is 2.26 bits per heavy atom. The average Bonchev–Trinajstić information content (AvgIpc) is 2.78. The zero-order chi connectivity index (χ0) is 25.8. The maximum Gasteiger partial charge on any atom is 0.417 e. The molecular weight excluding hydrogens is 503 g/mol. The van der Waals surface area contributed by atoms with Gasteiger partial charge >= 0.3 is 6.18 Å². The molecule has 1 saturated heterocycles. The Labute approximate surface area is 209 Å². The fourth-order valence-electron chi connectivity index (χ4n) is 4.15. The van der Waals surface area contributed by atoms with Crippen molar-refractivity contribution < 1.29 is 26.4 Å². The Bertz CT molecular complexity index is 1130. The summed E-state index contributed by atoms with van der Waals surface area (Å²) in [5, 5.41) is 2.11. The quantitative estimate of drug-likeness (QED) is 0.530. The smallest absolute Gasteiger partial charge is 0.350 e. The minimum Gasteiger partial charge on any atom is -0.350 e. The van der Waals surface area contributed by atoms with Crippen LogP contribution in [-0.4, -0.2) is 44.6 Å². The maximum absolute atomic E-state index is 13.3. The molecule has 192 valence electrons. The molecule has 0 unspecified atom stereocenters. The van der Waals surface area contributed by atoms with Crippen molar-refractivity contribution in [1.29, 1.82) is 0 Å². The van der Waals surface area contributed by atoms with Crippen LogP contribution in [0, 0.1) is 0 Å². The number of hydrogen-bond acceptors (Lipinski definition) is 4. The van der Waals surface area contributed by atoms with Crippen molar-refractivity contribution in [1.82, 2.24) is 10.2 Å². The number of piperidine rings is 1. The van der Waals surface area contributed by atoms with Crippen molar-refractivity contribution >= 4 is 33.2 Å². The van der Waals surface area contributed by atoms with Gasteiger partial charge in [-0.3, -0.25) is 14.0 Å². The summed E-state index contributed by atoms with van der Waals surface area (Å²) in [6.07, 6.45) is -0.256. The average molecular weight is 532 g/mol. The highest BCUT2D eigenvalue weighted by molar-refractivity contribution is 7.92. The van der Waals surface area contributed by atoms with Gasteiger partial charge in [-0.25, -0.2) is 8.42 Å². The summed E-state index contributed by atoms with van der Waals surface area (Å²) in [6, 6.07) is 9.24. The second-order valence-corrected chi connectivity index (χ2v) is 11.0. The van der Waals surface area contributed by atoms with Crippen LogP contribution < -0.4 is 9.62 Å². The number of sulfonamides is 1. The molecule has 2 aromatic rings. The van der Waals surface area contributed by atoms with Crippen LogP contribution in [0.2, 0.25) is 5.02 Å². The fourth-order valence-corrected chi connectivity index (χ4v) is 5.54. The number of anilines is 1. The third-order valence-electron chi connectivity index (χ3n) is 5.94. The Morgan fingerprint density at radius 2 is 1.69 bits per heavy atom. The highest BCUT2D eigenvalue weighted by Gasteiger charge is 2.36. The monoisotopic (exact) mass is 531 g/mol. The van der Waals surface area contributed by atoms with Gasteiger partial charge in [-0.1, -0.05) is 42.3 Å². The topological polar surface area (TPSA) is 69.7 Å². The van der Waals surface area contributed by atoms with Gasteiger partial charge in [0.1, 0.15) is 6.04 Å². The lowest BCUT2D eigenvalue weighted by Gasteiger charge is -2.29. The summed E-state index contributed by atoms with van der Waals surface area (Å²) >= 11 is 5.66. The molecule has 0 aromatic heterocycles. The first-order valence-corrected chi connectivity index (χ1v) is 13.5. The molecule has 0 spiro atoms. The molecule has 1 atom stereocenters. The van der Waals surface area contributed by atoms with Crippen LogP contribution in [0.5, 0.6) is 0 Å². The van der Waals surface area contributed by atoms with Gasteiger partial charge in [0, 0.05) is 13.1 Å². The van der Waals surface area contributed by atoms with Gasteiger partial charge in [-0.05, 0) is 62.2 Å². The van der Waals surface area contributed by atoms with Gasteiger partial charge < -0.3 is 5.32 Å². The number of nitrogens with zero attached hydrogens (tertiary/aromatic N) is 2. The van der Waals surface area contributed by atoms with E-state index >= 15 is 0 Å². The number of hydrogen-bond donors (Lipinski definition) is 1. The SMILES string of the molecule is C[C@@H](C(=O)NCc1ccc(CN2CCCCC2)cc1)N(c1ccc(Cl)c(C(F)(F)F)c1)S(C)(=O)=O. The fraction of sp³-hybridized carbons (Fsp3) is 0.458. The van der Waals surface area contributed by atoms with E-state index in [0.717, 1.165) is 43.6 Å². The van der Waals surface area contributed by atoms with Crippen LogP contribution in [0.15, 0.2) is 42.5 Å². The van der Waals surface area contributed by atoms with Crippen molar-refractivity contribution in [3.05, 3.63) is 64.2 Å². The molecule has 0 bridgehead atoms. The number of likely N-dealkylation sites (tertiary alicyclic amines) is 1. The Morgan fingerprint density at radius 1 is 1.09 bits per heavy atom. The third-order valence-corrected chi connectivity index (χ3v) is 7.51. The number of alkyl halides is 3. The van der Waals surface area contributed by atoms with Gasteiger partial charge in [0.2, 0.25) is 15.9 Å². The Balaban J connectivity index is 1.68. The number of carbonyl (C=O) groups is 1. The second kappa shape index (κ2) is 11.2. The number of benzene rings is 2. The van der Waals surface area contributed by atoms with Gasteiger partial charge in [0.05, 0.1) is 22.5 Å². The van der Waals surface area contributed by atoms with Crippen LogP contribution in [0.4, 0.5) is 18.9 Å². The predicted molar refractivity (Wildman–Crippen MR) is 131 cm³/mol. The highest BCUT2D eigenvalue weighted by Crippen LogP contribution is 2.37. The zero-order valence-corrected chi connectivity index (χ0v) is 21.2. The van der Waals surface area contributed by atoms with E-state index in [9.17, 15) is 26.4 Å². The standard InChI is InChI=1S/C24H29ClF3N3O3S/c1-17(31(35(2,33)34)20-10-11-22(25)21(14-20)24(26,27)28)23(32)29-15-18-6-8-19(9-7-18)16-30-12-4-3-5-13-30/h6-11,14,17H,3-5,12-13,15-16H2,1-2H3,(H,29,32)/t17-/m0/s1. The van der Waals surface area contributed by atoms with Crippen molar-refractivity contribution in [2.75, 3.05) is 23.7 Å². The molecule has 35 heavy (non-hydrogen) atoms. The summed E-state index contributed by atoms with van der Waals surface area (Å²) < 4.78 is 65.4. The van der Waals surface area contributed by atoms with Crippen molar-refractivity contribution in [2.45, 2.75) is 51.5 Å². The largest absolute Gasteiger partial charge is 0.417 e. The normalized spacial score (nSPS) is 16.1. The number of amides is 1. The first-order chi connectivity index (χ1) is 16.4. The van der Waals surface area contributed by atoms with Gasteiger partial charge in [-0.2, -0.15) is 13.2 Å². The molecule has 0 saturated carbocycles. The molecule has 1 N–H and O–H groups in total. The predicted octanol–water partition coefficient (Wildman–Crippen LogP) is 4.82. The van der Waals surface area contributed by atoms with Crippen LogP contribution >= 0.6 is 11.6 Å². The summed E-state index contributed by atoms with van der Waals surface area (Å²) in [6.45, 7) is 4.52. The van der Waals surface area contributed by atoms with Gasteiger partial charge in [0.25, 0.3) is 0 Å². The van der Waals surface area contributed by atoms with E-state index in [-0.39, 0.29) is 12.2 Å². The third kappa shape index (κ3) is 7.35. The lowest BCUT2D eigenvalue weighted by molar-refractivity contribution is -0.137. The van der Waals surface area contributed by atoms with Gasteiger partial charge in [-0.15, -0.1) is 0 Å². The van der Waals surface area contributed by atoms with Gasteiger partial charge in [0.15, 0.2) is 0 Å². The Kier molecular flexibility index (Phi) is 8.72. The molecule has 11 heteroatoms. The number of nitrogens with one attached hydrogen (secondary N) is 1. The molecular formula is C24H29ClF3N3O3S. The lowest BCUT2D eigenvalue weighted by atomic mass is 10.1. The van der Waals surface area contributed by atoms with Crippen LogP contribution in [0.3, 0.4) is 0 Å². The molecule has 1 aliphatic rings. The van der Waals surface area contributed by atoms with E-state index in [1.165, 1.54) is 31.7 Å². The summed E-state index contributed by atoms with van der Waals surface area (Å²) in [4.78, 5) is 15.2. The second-order valence-electron chi connectivity index (χ2n) is 8.77. The van der Waals surface area contributed by atoms with E-state index in [2.05, 4.69) is 10.2 Å². The summed E-state index contributed by atoms with van der Waals surface area (Å²) in [7, 11) is -4.08. The van der Waals surface area contributed by atoms with E-state index in [0.29, 0.717) is 10.4 Å². The highest BCUT2D eigenvalue weighted by atomic mass is 35.5. The number of carbonyl (C=O) groups excluding carboxylic acids is 1. The van der Waals surface area contributed by atoms with Crippen molar-refractivity contribution in [3.63, 3.8) is 0 Å². The molecule has 1 fully saturated rings. The lowest BCUT2D eigenvalue weighted by Crippen LogP contribution is -2.47. The molecule has 3 rings (SSSR count). The summed E-state index contributed by atoms with van der Waals surface area (Å²) in [5.41, 5.74) is 0.517. The minimum atomic E-state index is -4.78. The van der Waals surface area contributed by atoms with Crippen LogP contribution in [0.1, 0.15) is 42.9 Å². The number of halogens is 4. The molecule has 6 nitrogen and oxygen atoms in total. The minimum absolute atomic E-state index is 0.152. The number of rotatable bonds is 8. The molecule has 1 amide bonds. The first kappa shape index (κ1) is 27.3. The van der Waals surface area contributed by atoms with E-state index in [1.807, 2.05) is 24.3 Å². The van der Waals surface area contributed by atoms with Crippen molar-refractivity contribution in [3.8, 4) is 0 Å². The van der Waals surface area contributed by atoms with E-state index in [1.54, 1.807) is 0 Å². The molecule has 1 heterocycles. The zero-order valence-electron chi connectivity index (χ0n) is 19.6. The van der Waals surface area contributed by atoms with Crippen molar-refractivity contribution in [2.24, 2.45) is 0 Å². The molecule has 1 aliphatic heterocycles. The van der Waals surface area contributed by atoms with E-state index in [4.69, 9.17) is 11.6 Å². The summed E-state index contributed by atoms with van der Waals surface area (Å²) in [5.74, 6) is -0.642. The van der Waals surface area contributed by atoms with Crippen LogP contribution in [-0.2, 0) is 34.1 Å². The molecule has 0 radical (unpaired) electrons. The Hall–Kier alpha value is -2.30. The van der Waals surface area contributed by atoms with E-state index < -0.39 is 38.7 Å². The molecule has 0 aliphatic carbocycles. The van der Waals surface area contributed by atoms with Crippen LogP contribution in [0.25, 0.3) is 0 Å². The maximum atomic E-state index is 13.3. The molecule has 2 aromatic carbocycles. The first-order valence-electron chi connectivity index (χ1n) is 11.3.